The minimum absolute atomic E-state index is 0.216. The van der Waals surface area contributed by atoms with Crippen molar-refractivity contribution in [3.05, 3.63) is 41.5 Å². The maximum atomic E-state index is 10.6. The van der Waals surface area contributed by atoms with Crippen LogP contribution in [0.5, 0.6) is 11.5 Å². The highest BCUT2D eigenvalue weighted by atomic mass is 16.5. The normalized spacial score (nSPS) is 32.8. The lowest BCUT2D eigenvalue weighted by atomic mass is 9.59. The highest BCUT2D eigenvalue weighted by molar-refractivity contribution is 5.71. The smallest absolute Gasteiger partial charge is 0.166 e. The molecule has 0 saturated heterocycles. The quantitative estimate of drug-likeness (QED) is 0.866. The van der Waals surface area contributed by atoms with E-state index in [1.807, 2.05) is 12.1 Å². The summed E-state index contributed by atoms with van der Waals surface area (Å²) in [4.78, 5) is 2.19. The van der Waals surface area contributed by atoms with Crippen LogP contribution in [0.2, 0.25) is 0 Å². The Morgan fingerprint density at radius 2 is 2.09 bits per heavy atom. The van der Waals surface area contributed by atoms with Crippen LogP contribution >= 0.6 is 0 Å². The maximum absolute atomic E-state index is 10.6. The van der Waals surface area contributed by atoms with Crippen LogP contribution in [0.4, 0.5) is 0 Å². The van der Waals surface area contributed by atoms with Crippen LogP contribution in [0.25, 0.3) is 6.08 Å². The molecular weight excluding hydrogens is 290 g/mol. The highest BCUT2D eigenvalue weighted by Crippen LogP contribution is 2.59. The molecule has 4 heteroatoms. The Labute approximate surface area is 137 Å². The number of hydrogen-bond donors (Lipinski definition) is 1. The Morgan fingerprint density at radius 3 is 2.83 bits per heavy atom. The molecule has 1 aliphatic heterocycles. The minimum Gasteiger partial charge on any atom is -0.493 e. The molecule has 2 aliphatic carbocycles. The number of ether oxygens (including phenoxy) is 2. The fraction of sp³-hybridized carbons (Fsp3) is 0.474. The van der Waals surface area contributed by atoms with E-state index in [1.54, 1.807) is 7.11 Å². The lowest BCUT2D eigenvalue weighted by molar-refractivity contribution is 0.00751. The van der Waals surface area contributed by atoms with E-state index >= 15 is 0 Å². The van der Waals surface area contributed by atoms with Gasteiger partial charge in [0.05, 0.1) is 12.5 Å². The summed E-state index contributed by atoms with van der Waals surface area (Å²) < 4.78 is 11.8. The molecule has 3 aliphatic rings. The van der Waals surface area contributed by atoms with Gasteiger partial charge in [-0.05, 0) is 38.7 Å². The van der Waals surface area contributed by atoms with Gasteiger partial charge >= 0.3 is 0 Å². The Kier molecular flexibility index (Phi) is 3.29. The number of nitrogens with zero attached hydrogens (tertiary/aromatic N) is 1. The van der Waals surface area contributed by atoms with E-state index in [0.29, 0.717) is 0 Å². The van der Waals surface area contributed by atoms with Crippen LogP contribution in [-0.2, 0) is 5.41 Å². The number of methoxy groups -OCH3 is 1. The molecule has 4 unspecified atom stereocenters. The van der Waals surface area contributed by atoms with Crippen LogP contribution in [0.3, 0.4) is 0 Å². The van der Waals surface area contributed by atoms with Gasteiger partial charge < -0.3 is 19.5 Å². The predicted octanol–water partition coefficient (Wildman–Crippen LogP) is 2.22. The number of aliphatic hydroxyl groups is 1. The van der Waals surface area contributed by atoms with Crippen LogP contribution in [0.1, 0.15) is 17.5 Å². The molecule has 1 N–H and O–H groups in total. The van der Waals surface area contributed by atoms with Gasteiger partial charge in [0.15, 0.2) is 11.5 Å². The van der Waals surface area contributed by atoms with Gasteiger partial charge in [-0.1, -0.05) is 30.4 Å². The molecule has 0 amide bonds. The van der Waals surface area contributed by atoms with Crippen molar-refractivity contribution in [3.8, 4) is 11.5 Å². The SMILES string of the molecule is COc1ccc2c3c1OC1C(O)C=CC(C=C2)C31CCN(C)C. The second kappa shape index (κ2) is 5.11. The Morgan fingerprint density at radius 1 is 1.26 bits per heavy atom. The van der Waals surface area contributed by atoms with Gasteiger partial charge in [0.2, 0.25) is 0 Å². The molecule has 0 radical (unpaired) electrons. The summed E-state index contributed by atoms with van der Waals surface area (Å²) in [5, 5.41) is 10.6. The molecule has 4 atom stereocenters. The molecule has 4 nitrogen and oxygen atoms in total. The standard InChI is InChI=1S/C19H23NO3/c1-20(2)11-10-19-13-6-4-12-5-9-15(22-3)17(16(12)19)23-18(19)14(21)8-7-13/h4-9,13-14,18,21H,10-11H2,1-3H3. The van der Waals surface area contributed by atoms with Crippen molar-refractivity contribution in [2.75, 3.05) is 27.7 Å². The van der Waals surface area contributed by atoms with E-state index in [1.165, 1.54) is 11.1 Å². The predicted molar refractivity (Wildman–Crippen MR) is 89.9 cm³/mol. The van der Waals surface area contributed by atoms with Gasteiger partial charge in [0.1, 0.15) is 12.2 Å². The molecule has 1 aromatic rings. The molecule has 0 fully saturated rings. The monoisotopic (exact) mass is 313 g/mol. The van der Waals surface area contributed by atoms with E-state index in [-0.39, 0.29) is 17.4 Å². The Hall–Kier alpha value is -1.78. The van der Waals surface area contributed by atoms with Crippen LogP contribution in [0, 0.1) is 5.92 Å². The third kappa shape index (κ3) is 1.91. The lowest BCUT2D eigenvalue weighted by Crippen LogP contribution is -2.53. The topological polar surface area (TPSA) is 41.9 Å². The van der Waals surface area contributed by atoms with Gasteiger partial charge in [0, 0.05) is 11.5 Å². The van der Waals surface area contributed by atoms with E-state index in [2.05, 4.69) is 43.3 Å². The summed E-state index contributed by atoms with van der Waals surface area (Å²) in [6.45, 7) is 0.945. The fourth-order valence-electron chi connectivity index (χ4n) is 4.37. The molecule has 0 bridgehead atoms. The highest BCUT2D eigenvalue weighted by Gasteiger charge is 2.58. The van der Waals surface area contributed by atoms with E-state index < -0.39 is 6.10 Å². The molecule has 1 heterocycles. The zero-order valence-electron chi connectivity index (χ0n) is 13.8. The molecule has 23 heavy (non-hydrogen) atoms. The first-order valence-electron chi connectivity index (χ1n) is 8.15. The summed E-state index contributed by atoms with van der Waals surface area (Å²) in [7, 11) is 5.84. The molecule has 0 saturated carbocycles. The summed E-state index contributed by atoms with van der Waals surface area (Å²) in [6.07, 6.45) is 8.51. The van der Waals surface area contributed by atoms with Gasteiger partial charge in [-0.2, -0.15) is 0 Å². The van der Waals surface area contributed by atoms with Crippen molar-refractivity contribution in [2.24, 2.45) is 5.92 Å². The third-order valence-electron chi connectivity index (χ3n) is 5.47. The van der Waals surface area contributed by atoms with Crippen molar-refractivity contribution < 1.29 is 14.6 Å². The number of rotatable bonds is 4. The average molecular weight is 313 g/mol. The molecule has 0 spiro atoms. The van der Waals surface area contributed by atoms with Crippen molar-refractivity contribution >= 4 is 6.08 Å². The second-order valence-corrected chi connectivity index (χ2v) is 6.95. The molecule has 122 valence electrons. The van der Waals surface area contributed by atoms with Crippen LogP contribution < -0.4 is 9.47 Å². The average Bonchev–Trinajstić information content (AvgIpc) is 2.90. The van der Waals surface area contributed by atoms with Gasteiger partial charge in [-0.15, -0.1) is 0 Å². The lowest BCUT2D eigenvalue weighted by Gasteiger charge is -2.45. The van der Waals surface area contributed by atoms with E-state index in [0.717, 1.165) is 24.5 Å². The van der Waals surface area contributed by atoms with Crippen molar-refractivity contribution in [1.29, 1.82) is 0 Å². The Bertz CT molecular complexity index is 694. The maximum Gasteiger partial charge on any atom is 0.166 e. The molecule has 0 aromatic heterocycles. The van der Waals surface area contributed by atoms with Gasteiger partial charge in [-0.25, -0.2) is 0 Å². The largest absolute Gasteiger partial charge is 0.493 e. The van der Waals surface area contributed by atoms with Crippen molar-refractivity contribution in [2.45, 2.75) is 24.0 Å². The number of allylic oxidation sites excluding steroid dienone is 2. The van der Waals surface area contributed by atoms with E-state index in [9.17, 15) is 5.11 Å². The number of hydrogen-bond acceptors (Lipinski definition) is 4. The van der Waals surface area contributed by atoms with Gasteiger partial charge in [0.25, 0.3) is 0 Å². The van der Waals surface area contributed by atoms with Crippen LogP contribution in [-0.4, -0.2) is 50.0 Å². The van der Waals surface area contributed by atoms with Crippen molar-refractivity contribution in [3.63, 3.8) is 0 Å². The first-order valence-corrected chi connectivity index (χ1v) is 8.15. The van der Waals surface area contributed by atoms with E-state index in [4.69, 9.17) is 9.47 Å². The summed E-state index contributed by atoms with van der Waals surface area (Å²) >= 11 is 0. The number of aliphatic hydroxyl groups excluding tert-OH is 1. The van der Waals surface area contributed by atoms with Crippen molar-refractivity contribution in [1.82, 2.24) is 4.90 Å². The Balaban J connectivity index is 1.93. The zero-order chi connectivity index (χ0) is 16.2. The first kappa shape index (κ1) is 14.8. The summed E-state index contributed by atoms with van der Waals surface area (Å²) in [5.41, 5.74) is 2.17. The molecule has 4 rings (SSSR count). The molecule has 1 aromatic carbocycles. The summed E-state index contributed by atoms with van der Waals surface area (Å²) in [6, 6.07) is 4.05. The third-order valence-corrected chi connectivity index (χ3v) is 5.47. The fourth-order valence-corrected chi connectivity index (χ4v) is 4.37. The minimum atomic E-state index is -0.593. The zero-order valence-corrected chi connectivity index (χ0v) is 13.8. The second-order valence-electron chi connectivity index (χ2n) is 6.95. The summed E-state index contributed by atoms with van der Waals surface area (Å²) in [5.74, 6) is 1.81. The van der Waals surface area contributed by atoms with Gasteiger partial charge in [-0.3, -0.25) is 0 Å². The number of benzene rings is 1. The molecular formula is C19H23NO3. The first-order chi connectivity index (χ1) is 11.1. The van der Waals surface area contributed by atoms with Crippen LogP contribution in [0.15, 0.2) is 30.4 Å².